The zero-order valence-electron chi connectivity index (χ0n) is 11.8. The maximum atomic E-state index is 12.1. The molecule has 0 aliphatic carbocycles. The van der Waals surface area contributed by atoms with Gasteiger partial charge in [-0.15, -0.1) is 0 Å². The van der Waals surface area contributed by atoms with E-state index in [4.69, 9.17) is 11.6 Å². The standard InChI is InChI=1S/C12H14ClF3N4O2S/c13-9-2-1-3-17-10(9)7-23-5-4-18-11(6-20(21)22)19-8-12(14,15)16/h1-3H,4-8H2,(H,18,19). The van der Waals surface area contributed by atoms with Crippen molar-refractivity contribution in [1.82, 2.24) is 10.3 Å². The summed E-state index contributed by atoms with van der Waals surface area (Å²) in [5.74, 6) is 0.755. The molecule has 1 heterocycles. The van der Waals surface area contributed by atoms with Crippen molar-refractivity contribution in [2.24, 2.45) is 4.99 Å². The molecule has 0 bridgehead atoms. The minimum absolute atomic E-state index is 0.250. The predicted molar refractivity (Wildman–Crippen MR) is 83.6 cm³/mol. The first-order valence-electron chi connectivity index (χ1n) is 6.41. The third-order valence-corrected chi connectivity index (χ3v) is 3.69. The molecule has 0 aliphatic rings. The van der Waals surface area contributed by atoms with E-state index in [0.717, 1.165) is 0 Å². The lowest BCUT2D eigenvalue weighted by molar-refractivity contribution is -0.463. The lowest BCUT2D eigenvalue weighted by atomic mass is 10.4. The van der Waals surface area contributed by atoms with Gasteiger partial charge >= 0.3 is 6.18 Å². The predicted octanol–water partition coefficient (Wildman–Crippen LogP) is 2.80. The summed E-state index contributed by atoms with van der Waals surface area (Å²) in [5.41, 5.74) is 0.704. The molecule has 0 saturated carbocycles. The molecule has 1 aromatic heterocycles. The fraction of sp³-hybridized carbons (Fsp3) is 0.500. The van der Waals surface area contributed by atoms with Crippen LogP contribution in [0.4, 0.5) is 13.2 Å². The first-order valence-corrected chi connectivity index (χ1v) is 7.94. The van der Waals surface area contributed by atoms with Crippen molar-refractivity contribution in [1.29, 1.82) is 0 Å². The molecular weight excluding hydrogens is 357 g/mol. The van der Waals surface area contributed by atoms with E-state index >= 15 is 0 Å². The van der Waals surface area contributed by atoms with Gasteiger partial charge in [-0.1, -0.05) is 11.6 Å². The maximum Gasteiger partial charge on any atom is 0.408 e. The zero-order valence-corrected chi connectivity index (χ0v) is 13.4. The normalized spacial score (nSPS) is 12.3. The molecule has 0 saturated heterocycles. The highest BCUT2D eigenvalue weighted by Crippen LogP contribution is 2.18. The number of hydrogen-bond donors (Lipinski definition) is 1. The van der Waals surface area contributed by atoms with Crippen molar-refractivity contribution >= 4 is 29.2 Å². The summed E-state index contributed by atoms with van der Waals surface area (Å²) < 4.78 is 36.3. The minimum atomic E-state index is -4.49. The summed E-state index contributed by atoms with van der Waals surface area (Å²) >= 11 is 7.39. The molecule has 128 valence electrons. The van der Waals surface area contributed by atoms with Crippen LogP contribution in [0.15, 0.2) is 23.3 Å². The zero-order chi connectivity index (χ0) is 17.3. The van der Waals surface area contributed by atoms with Crippen LogP contribution in [0.2, 0.25) is 5.02 Å². The SMILES string of the molecule is O=[N+]([O-])CC(=NCC(F)(F)F)NCCSCc1ncccc1Cl. The monoisotopic (exact) mass is 370 g/mol. The summed E-state index contributed by atoms with van der Waals surface area (Å²) in [7, 11) is 0. The molecule has 0 atom stereocenters. The Morgan fingerprint density at radius 2 is 2.26 bits per heavy atom. The van der Waals surface area contributed by atoms with E-state index in [1.165, 1.54) is 11.8 Å². The molecule has 1 N–H and O–H groups in total. The van der Waals surface area contributed by atoms with Crippen molar-refractivity contribution < 1.29 is 18.1 Å². The average molecular weight is 371 g/mol. The van der Waals surface area contributed by atoms with Crippen molar-refractivity contribution in [3.05, 3.63) is 39.2 Å². The number of nitro groups is 1. The molecule has 1 rings (SSSR count). The van der Waals surface area contributed by atoms with Crippen LogP contribution in [0.3, 0.4) is 0 Å². The van der Waals surface area contributed by atoms with Gasteiger partial charge in [0, 0.05) is 29.2 Å². The average Bonchev–Trinajstić information content (AvgIpc) is 2.44. The van der Waals surface area contributed by atoms with E-state index in [2.05, 4.69) is 15.3 Å². The first-order chi connectivity index (χ1) is 10.8. The summed E-state index contributed by atoms with van der Waals surface area (Å²) in [6, 6.07) is 3.42. The molecule has 6 nitrogen and oxygen atoms in total. The quantitative estimate of drug-likeness (QED) is 0.250. The Kier molecular flexibility index (Phi) is 8.10. The van der Waals surface area contributed by atoms with Crippen molar-refractivity contribution in [3.63, 3.8) is 0 Å². The smallest absolute Gasteiger partial charge is 0.368 e. The lowest BCUT2D eigenvalue weighted by Gasteiger charge is -2.08. The van der Waals surface area contributed by atoms with Crippen LogP contribution in [-0.2, 0) is 5.75 Å². The first kappa shape index (κ1) is 19.5. The molecule has 1 aromatic rings. The van der Waals surface area contributed by atoms with Gasteiger partial charge in [-0.05, 0) is 12.1 Å². The number of pyridine rings is 1. The third-order valence-electron chi connectivity index (χ3n) is 2.38. The highest BCUT2D eigenvalue weighted by atomic mass is 35.5. The largest absolute Gasteiger partial charge is 0.408 e. The van der Waals surface area contributed by atoms with Gasteiger partial charge in [-0.3, -0.25) is 20.1 Å². The molecule has 0 fully saturated rings. The number of aliphatic imine (C=N–C) groups is 1. The van der Waals surface area contributed by atoms with E-state index in [-0.39, 0.29) is 12.4 Å². The fourth-order valence-corrected chi connectivity index (χ4v) is 2.51. The summed E-state index contributed by atoms with van der Waals surface area (Å²) in [6.07, 6.45) is -2.88. The summed E-state index contributed by atoms with van der Waals surface area (Å²) in [4.78, 5) is 17.0. The molecule has 23 heavy (non-hydrogen) atoms. The summed E-state index contributed by atoms with van der Waals surface area (Å²) in [5, 5.41) is 13.5. The van der Waals surface area contributed by atoms with Gasteiger partial charge in [0.25, 0.3) is 6.54 Å². The van der Waals surface area contributed by atoms with Crippen LogP contribution in [-0.4, -0.2) is 47.3 Å². The molecule has 11 heteroatoms. The number of halogens is 4. The third kappa shape index (κ3) is 9.24. The maximum absolute atomic E-state index is 12.1. The number of amidine groups is 1. The second-order valence-corrected chi connectivity index (χ2v) is 5.79. The van der Waals surface area contributed by atoms with Gasteiger partial charge in [0.15, 0.2) is 5.84 Å². The van der Waals surface area contributed by atoms with Crippen molar-refractivity contribution in [2.45, 2.75) is 11.9 Å². The molecule has 0 unspecified atom stereocenters. The Bertz CT molecular complexity index is 557. The highest BCUT2D eigenvalue weighted by molar-refractivity contribution is 7.98. The number of rotatable bonds is 8. The van der Waals surface area contributed by atoms with Crippen molar-refractivity contribution in [3.8, 4) is 0 Å². The van der Waals surface area contributed by atoms with Gasteiger partial charge in [-0.2, -0.15) is 24.9 Å². The van der Waals surface area contributed by atoms with Crippen LogP contribution < -0.4 is 5.32 Å². The number of thioether (sulfide) groups is 1. The van der Waals surface area contributed by atoms with Crippen LogP contribution >= 0.6 is 23.4 Å². The van der Waals surface area contributed by atoms with E-state index in [1.807, 2.05) is 0 Å². The second kappa shape index (κ2) is 9.56. The molecular formula is C12H14ClF3N4O2S. The van der Waals surface area contributed by atoms with Gasteiger partial charge in [0.2, 0.25) is 0 Å². The Balaban J connectivity index is 2.37. The lowest BCUT2D eigenvalue weighted by Crippen LogP contribution is -2.33. The van der Waals surface area contributed by atoms with E-state index < -0.39 is 24.2 Å². The molecule has 0 amide bonds. The van der Waals surface area contributed by atoms with E-state index in [0.29, 0.717) is 22.2 Å². The number of alkyl halides is 3. The topological polar surface area (TPSA) is 80.4 Å². The highest BCUT2D eigenvalue weighted by Gasteiger charge is 2.27. The van der Waals surface area contributed by atoms with E-state index in [1.54, 1.807) is 18.3 Å². The molecule has 0 aliphatic heterocycles. The number of nitrogens with zero attached hydrogens (tertiary/aromatic N) is 3. The Hall–Kier alpha value is -1.55. The van der Waals surface area contributed by atoms with Gasteiger partial charge in [-0.25, -0.2) is 0 Å². The summed E-state index contributed by atoms with van der Waals surface area (Å²) in [6.45, 7) is -1.97. The van der Waals surface area contributed by atoms with Gasteiger partial charge < -0.3 is 5.32 Å². The Labute approximate surface area is 139 Å². The van der Waals surface area contributed by atoms with Crippen LogP contribution in [0, 0.1) is 10.1 Å². The van der Waals surface area contributed by atoms with Crippen LogP contribution in [0.25, 0.3) is 0 Å². The Morgan fingerprint density at radius 1 is 1.52 bits per heavy atom. The number of nitrogens with one attached hydrogen (secondary N) is 1. The second-order valence-electron chi connectivity index (χ2n) is 4.28. The molecule has 0 radical (unpaired) electrons. The molecule has 0 spiro atoms. The number of hydrogen-bond acceptors (Lipinski definition) is 5. The van der Waals surface area contributed by atoms with Gasteiger partial charge in [0.05, 0.1) is 10.7 Å². The Morgan fingerprint density at radius 3 is 2.87 bits per heavy atom. The molecule has 0 aromatic carbocycles. The fourth-order valence-electron chi connectivity index (χ4n) is 1.43. The van der Waals surface area contributed by atoms with Crippen LogP contribution in [0.1, 0.15) is 5.69 Å². The van der Waals surface area contributed by atoms with Crippen LogP contribution in [0.5, 0.6) is 0 Å². The van der Waals surface area contributed by atoms with Crippen molar-refractivity contribution in [2.75, 3.05) is 25.4 Å². The van der Waals surface area contributed by atoms with E-state index in [9.17, 15) is 23.3 Å². The number of aromatic nitrogens is 1. The van der Waals surface area contributed by atoms with Gasteiger partial charge in [0.1, 0.15) is 6.54 Å². The minimum Gasteiger partial charge on any atom is -0.368 e.